The Labute approximate surface area is 512 Å². The van der Waals surface area contributed by atoms with Crippen LogP contribution in [0.15, 0.2) is 146 Å². The van der Waals surface area contributed by atoms with E-state index < -0.39 is 6.10 Å². The van der Waals surface area contributed by atoms with E-state index in [-0.39, 0.29) is 31.1 Å². The summed E-state index contributed by atoms with van der Waals surface area (Å²) in [7, 11) is 0. The molecule has 0 bridgehead atoms. The molecule has 6 nitrogen and oxygen atoms in total. The minimum atomic E-state index is -0.804. The predicted molar refractivity (Wildman–Crippen MR) is 362 cm³/mol. The standard InChI is InChI=1S/C77H126O6/c1-4-7-10-13-16-19-22-25-28-31-34-37-38-41-43-46-49-52-55-58-61-64-67-70-76(79)82-73-74(83-77(80)71-68-65-62-59-56-53-50-47-44-40-36-33-30-27-24-21-18-15-12-9-6-3)72-81-75(78)69-66-63-60-57-54-51-48-45-42-39-35-32-29-26-23-20-17-14-11-8-5-2/h7,9-10,12,16,18-19,21,23,25-28,30,32,34-37,40-41,43,49,52,74H,4-6,8,11,13-15,17,20,22,24,29,31,33,38-39,42,44-48,50-51,53-73H2,1-3H3/b10-7-,12-9-,19-16-,21-18-,26-23-,28-25-,30-27-,35-32-,37-34-,40-36-,43-41-,52-49-. The van der Waals surface area contributed by atoms with Gasteiger partial charge in [0.2, 0.25) is 0 Å². The van der Waals surface area contributed by atoms with Gasteiger partial charge >= 0.3 is 17.9 Å². The molecule has 0 N–H and O–H groups in total. The number of allylic oxidation sites excluding steroid dienone is 24. The van der Waals surface area contributed by atoms with Gasteiger partial charge in [-0.3, -0.25) is 14.4 Å². The Kier molecular flexibility index (Phi) is 65.8. The van der Waals surface area contributed by atoms with Crippen molar-refractivity contribution in [3.63, 3.8) is 0 Å². The van der Waals surface area contributed by atoms with Crippen LogP contribution in [0.2, 0.25) is 0 Å². The van der Waals surface area contributed by atoms with Crippen LogP contribution in [0.5, 0.6) is 0 Å². The van der Waals surface area contributed by atoms with Gasteiger partial charge in [-0.1, -0.05) is 289 Å². The third-order valence-electron chi connectivity index (χ3n) is 14.3. The van der Waals surface area contributed by atoms with Crippen molar-refractivity contribution >= 4 is 17.9 Å². The molecule has 0 saturated heterocycles. The number of ether oxygens (including phenoxy) is 3. The summed E-state index contributed by atoms with van der Waals surface area (Å²) >= 11 is 0. The minimum Gasteiger partial charge on any atom is -0.462 e. The maximum absolute atomic E-state index is 13.0. The third kappa shape index (κ3) is 68.0. The van der Waals surface area contributed by atoms with Gasteiger partial charge in [-0.15, -0.1) is 0 Å². The van der Waals surface area contributed by atoms with Crippen molar-refractivity contribution in [2.45, 2.75) is 309 Å². The number of unbranched alkanes of at least 4 members (excludes halogenated alkanes) is 26. The van der Waals surface area contributed by atoms with E-state index in [0.29, 0.717) is 19.3 Å². The van der Waals surface area contributed by atoms with Gasteiger partial charge in [-0.2, -0.15) is 0 Å². The highest BCUT2D eigenvalue weighted by Gasteiger charge is 2.19. The lowest BCUT2D eigenvalue weighted by atomic mass is 10.1. The van der Waals surface area contributed by atoms with Gasteiger partial charge in [0.25, 0.3) is 0 Å². The van der Waals surface area contributed by atoms with Crippen LogP contribution in [0.1, 0.15) is 303 Å². The molecule has 470 valence electrons. The van der Waals surface area contributed by atoms with Crippen LogP contribution < -0.4 is 0 Å². The number of carbonyl (C=O) groups excluding carboxylic acids is 3. The maximum Gasteiger partial charge on any atom is 0.306 e. The highest BCUT2D eigenvalue weighted by atomic mass is 16.6. The van der Waals surface area contributed by atoms with E-state index in [1.165, 1.54) is 116 Å². The summed E-state index contributed by atoms with van der Waals surface area (Å²) in [6, 6.07) is 0. The van der Waals surface area contributed by atoms with Crippen molar-refractivity contribution in [3.8, 4) is 0 Å². The number of hydrogen-bond donors (Lipinski definition) is 0. The Morgan fingerprint density at radius 3 is 0.735 bits per heavy atom. The molecule has 1 unspecified atom stereocenters. The molecule has 0 rings (SSSR count). The SMILES string of the molecule is CC/C=C\C/C=C\C/C=C\C/C=C\C/C=C\C/C=C\CCCCCCC(=O)OCC(COC(=O)CCCCCCCCCCC/C=C\C/C=C\CCCCCCC)OC(=O)CCCCCCCCCC/C=C\C/C=C\C/C=C\C/C=C\CC. The molecular weight excluding hydrogens is 1020 g/mol. The van der Waals surface area contributed by atoms with E-state index in [1.54, 1.807) is 0 Å². The van der Waals surface area contributed by atoms with Crippen molar-refractivity contribution < 1.29 is 28.6 Å². The molecule has 0 fully saturated rings. The monoisotopic (exact) mass is 1150 g/mol. The van der Waals surface area contributed by atoms with Crippen molar-refractivity contribution in [1.82, 2.24) is 0 Å². The Hall–Kier alpha value is -4.71. The molecule has 0 aromatic heterocycles. The highest BCUT2D eigenvalue weighted by Crippen LogP contribution is 2.15. The number of rotatable bonds is 61. The summed E-state index contributed by atoms with van der Waals surface area (Å²) in [6.45, 7) is 6.39. The fourth-order valence-corrected chi connectivity index (χ4v) is 9.23. The van der Waals surface area contributed by atoms with Crippen LogP contribution in [0, 0.1) is 0 Å². The molecule has 0 aromatic rings. The fourth-order valence-electron chi connectivity index (χ4n) is 9.23. The molecule has 0 spiro atoms. The Morgan fingerprint density at radius 1 is 0.253 bits per heavy atom. The summed E-state index contributed by atoms with van der Waals surface area (Å²) < 4.78 is 17.0. The summed E-state index contributed by atoms with van der Waals surface area (Å²) in [4.78, 5) is 38.5. The Balaban J connectivity index is 4.49. The summed E-state index contributed by atoms with van der Waals surface area (Å²) in [5.74, 6) is -0.929. The normalized spacial score (nSPS) is 13.0. The second kappa shape index (κ2) is 69.8. The van der Waals surface area contributed by atoms with Crippen LogP contribution in [-0.2, 0) is 28.6 Å². The molecule has 0 saturated carbocycles. The van der Waals surface area contributed by atoms with Crippen LogP contribution in [0.3, 0.4) is 0 Å². The maximum atomic E-state index is 13.0. The quantitative estimate of drug-likeness (QED) is 0.0261. The first kappa shape index (κ1) is 78.3. The van der Waals surface area contributed by atoms with Gasteiger partial charge in [-0.05, 0) is 141 Å². The van der Waals surface area contributed by atoms with E-state index >= 15 is 0 Å². The van der Waals surface area contributed by atoms with Gasteiger partial charge in [0.05, 0.1) is 0 Å². The molecule has 1 atom stereocenters. The lowest BCUT2D eigenvalue weighted by molar-refractivity contribution is -0.167. The van der Waals surface area contributed by atoms with Gasteiger partial charge in [0, 0.05) is 19.3 Å². The first-order valence-electron chi connectivity index (χ1n) is 34.3. The third-order valence-corrected chi connectivity index (χ3v) is 14.3. The van der Waals surface area contributed by atoms with Crippen molar-refractivity contribution in [3.05, 3.63) is 146 Å². The number of esters is 3. The molecule has 0 amide bonds. The topological polar surface area (TPSA) is 78.9 Å². The predicted octanol–water partition coefficient (Wildman–Crippen LogP) is 23.9. The Bertz CT molecular complexity index is 1800. The van der Waals surface area contributed by atoms with Gasteiger partial charge in [-0.25, -0.2) is 0 Å². The van der Waals surface area contributed by atoms with Crippen molar-refractivity contribution in [2.75, 3.05) is 13.2 Å². The molecule has 0 heterocycles. The first-order chi connectivity index (χ1) is 41.0. The minimum absolute atomic E-state index is 0.0964. The van der Waals surface area contributed by atoms with Gasteiger partial charge in [0.15, 0.2) is 6.10 Å². The van der Waals surface area contributed by atoms with Crippen molar-refractivity contribution in [2.24, 2.45) is 0 Å². The molecule has 0 aromatic carbocycles. The molecule has 0 aliphatic rings. The van der Waals surface area contributed by atoms with Gasteiger partial charge in [0.1, 0.15) is 13.2 Å². The summed E-state index contributed by atoms with van der Waals surface area (Å²) in [5, 5.41) is 0. The Morgan fingerprint density at radius 2 is 0.470 bits per heavy atom. The average Bonchev–Trinajstić information content (AvgIpc) is 3.49. The average molecular weight is 1150 g/mol. The molecule has 0 radical (unpaired) electrons. The lowest BCUT2D eigenvalue weighted by Gasteiger charge is -2.18. The van der Waals surface area contributed by atoms with Crippen LogP contribution in [0.25, 0.3) is 0 Å². The van der Waals surface area contributed by atoms with Gasteiger partial charge < -0.3 is 14.2 Å². The van der Waals surface area contributed by atoms with Crippen molar-refractivity contribution in [1.29, 1.82) is 0 Å². The molecule has 0 aliphatic carbocycles. The fraction of sp³-hybridized carbons (Fsp3) is 0.649. The van der Waals surface area contributed by atoms with Crippen LogP contribution in [0.4, 0.5) is 0 Å². The zero-order valence-electron chi connectivity index (χ0n) is 53.9. The van der Waals surface area contributed by atoms with Crippen LogP contribution >= 0.6 is 0 Å². The van der Waals surface area contributed by atoms with Crippen LogP contribution in [-0.4, -0.2) is 37.2 Å². The largest absolute Gasteiger partial charge is 0.462 e. The van der Waals surface area contributed by atoms with E-state index in [4.69, 9.17) is 14.2 Å². The summed E-state index contributed by atoms with van der Waals surface area (Å²) in [5.41, 5.74) is 0. The first-order valence-corrected chi connectivity index (χ1v) is 34.3. The molecule has 0 aliphatic heterocycles. The second-order valence-corrected chi connectivity index (χ2v) is 22.3. The molecule has 6 heteroatoms. The smallest absolute Gasteiger partial charge is 0.306 e. The van der Waals surface area contributed by atoms with E-state index in [2.05, 4.69) is 167 Å². The number of carbonyl (C=O) groups is 3. The highest BCUT2D eigenvalue weighted by molar-refractivity contribution is 5.71. The van der Waals surface area contributed by atoms with E-state index in [0.717, 1.165) is 148 Å². The number of hydrogen-bond acceptors (Lipinski definition) is 6. The zero-order chi connectivity index (χ0) is 59.9. The van der Waals surface area contributed by atoms with E-state index in [1.807, 2.05) is 0 Å². The van der Waals surface area contributed by atoms with E-state index in [9.17, 15) is 14.4 Å². The zero-order valence-corrected chi connectivity index (χ0v) is 53.9. The second-order valence-electron chi connectivity index (χ2n) is 22.3. The molecule has 83 heavy (non-hydrogen) atoms. The molecular formula is C77H126O6. The summed E-state index contributed by atoms with van der Waals surface area (Å²) in [6.07, 6.45) is 99.9. The lowest BCUT2D eigenvalue weighted by Crippen LogP contribution is -2.30.